The van der Waals surface area contributed by atoms with E-state index in [0.29, 0.717) is 12.4 Å². The van der Waals surface area contributed by atoms with Crippen molar-refractivity contribution in [2.75, 3.05) is 6.61 Å². The van der Waals surface area contributed by atoms with Gasteiger partial charge in [0.05, 0.1) is 18.9 Å². The first-order valence-electron chi connectivity index (χ1n) is 7.60. The fourth-order valence-electron chi connectivity index (χ4n) is 1.90. The number of carbonyl (C=O) groups excluding carboxylic acids is 2. The number of rotatable bonds is 6. The third kappa shape index (κ3) is 7.04. The molecule has 6 heteroatoms. The maximum atomic E-state index is 12.0. The van der Waals surface area contributed by atoms with Crippen molar-refractivity contribution in [1.29, 1.82) is 0 Å². The van der Waals surface area contributed by atoms with Gasteiger partial charge in [0, 0.05) is 12.0 Å². The van der Waals surface area contributed by atoms with E-state index in [2.05, 4.69) is 5.32 Å². The van der Waals surface area contributed by atoms with Gasteiger partial charge in [0.1, 0.15) is 11.4 Å². The lowest BCUT2D eigenvalue weighted by atomic mass is 9.99. The van der Waals surface area contributed by atoms with Gasteiger partial charge in [-0.15, -0.1) is 0 Å². The van der Waals surface area contributed by atoms with Gasteiger partial charge in [-0.05, 0) is 39.8 Å². The van der Waals surface area contributed by atoms with Crippen molar-refractivity contribution in [1.82, 2.24) is 5.32 Å². The molecule has 0 saturated heterocycles. The zero-order valence-corrected chi connectivity index (χ0v) is 14.3. The number of alkyl carbamates (subject to hydrolysis) is 1. The largest absolute Gasteiger partial charge is 0.467 e. The predicted octanol–water partition coefficient (Wildman–Crippen LogP) is 3.60. The lowest BCUT2D eigenvalue weighted by Gasteiger charge is -2.25. The minimum Gasteiger partial charge on any atom is -0.467 e. The van der Waals surface area contributed by atoms with Crippen molar-refractivity contribution < 1.29 is 23.5 Å². The Balaban J connectivity index is 2.81. The summed E-state index contributed by atoms with van der Waals surface area (Å²) in [6.07, 6.45) is 4.00. The van der Waals surface area contributed by atoms with Crippen LogP contribution in [0.3, 0.4) is 0 Å². The molecule has 1 aromatic rings. The summed E-state index contributed by atoms with van der Waals surface area (Å²) in [7, 11) is 0. The Hall–Kier alpha value is -2.24. The Morgan fingerprint density at radius 2 is 2.09 bits per heavy atom. The second-order valence-electron chi connectivity index (χ2n) is 6.11. The number of ether oxygens (including phenoxy) is 2. The zero-order valence-electron chi connectivity index (χ0n) is 14.3. The number of carbonyl (C=O) groups is 2. The molecule has 0 aliphatic rings. The Morgan fingerprint density at radius 3 is 2.61 bits per heavy atom. The molecule has 0 spiro atoms. The van der Waals surface area contributed by atoms with Crippen molar-refractivity contribution in [3.8, 4) is 0 Å². The van der Waals surface area contributed by atoms with Crippen molar-refractivity contribution in [2.45, 2.75) is 46.3 Å². The summed E-state index contributed by atoms with van der Waals surface area (Å²) in [5.41, 5.74) is -0.595. The molecule has 6 nitrogen and oxygen atoms in total. The van der Waals surface area contributed by atoms with E-state index in [9.17, 15) is 9.59 Å². The molecule has 0 aliphatic heterocycles. The molecular formula is C17H25NO5. The van der Waals surface area contributed by atoms with E-state index < -0.39 is 23.7 Å². The summed E-state index contributed by atoms with van der Waals surface area (Å²) in [4.78, 5) is 23.4. The van der Waals surface area contributed by atoms with E-state index in [0.717, 1.165) is 0 Å². The van der Waals surface area contributed by atoms with Crippen LogP contribution in [0.2, 0.25) is 0 Å². The number of hydrogen-bond donors (Lipinski definition) is 1. The second-order valence-corrected chi connectivity index (χ2v) is 6.11. The van der Waals surface area contributed by atoms with E-state index >= 15 is 0 Å². The third-order valence-corrected chi connectivity index (χ3v) is 2.87. The van der Waals surface area contributed by atoms with Crippen LogP contribution in [0.25, 0.3) is 0 Å². The van der Waals surface area contributed by atoms with Crippen LogP contribution in [-0.4, -0.2) is 24.3 Å². The van der Waals surface area contributed by atoms with Gasteiger partial charge in [0.2, 0.25) is 0 Å². The molecule has 1 amide bonds. The molecule has 23 heavy (non-hydrogen) atoms. The average molecular weight is 323 g/mol. The number of nitrogens with one attached hydrogen (secondary N) is 1. The van der Waals surface area contributed by atoms with Crippen LogP contribution >= 0.6 is 0 Å². The smallest absolute Gasteiger partial charge is 0.408 e. The lowest BCUT2D eigenvalue weighted by molar-refractivity contribution is -0.137. The van der Waals surface area contributed by atoms with E-state index in [4.69, 9.17) is 13.9 Å². The topological polar surface area (TPSA) is 77.8 Å². The molecule has 0 bridgehead atoms. The molecular weight excluding hydrogens is 298 g/mol. The Bertz CT molecular complexity index is 528. The van der Waals surface area contributed by atoms with Gasteiger partial charge in [0.15, 0.2) is 0 Å². The van der Waals surface area contributed by atoms with Gasteiger partial charge in [0.25, 0.3) is 0 Å². The van der Waals surface area contributed by atoms with Gasteiger partial charge >= 0.3 is 12.1 Å². The molecule has 1 rings (SSSR count). The summed E-state index contributed by atoms with van der Waals surface area (Å²) < 4.78 is 15.5. The molecule has 0 fully saturated rings. The minimum atomic E-state index is -0.595. The molecule has 1 unspecified atom stereocenters. The highest BCUT2D eigenvalue weighted by Gasteiger charge is 2.25. The van der Waals surface area contributed by atoms with Crippen molar-refractivity contribution in [3.05, 3.63) is 36.3 Å². The van der Waals surface area contributed by atoms with E-state index in [1.165, 1.54) is 12.3 Å². The van der Waals surface area contributed by atoms with Gasteiger partial charge in [-0.1, -0.05) is 13.0 Å². The molecule has 2 atom stereocenters. The maximum absolute atomic E-state index is 12.0. The molecule has 1 N–H and O–H groups in total. The third-order valence-electron chi connectivity index (χ3n) is 2.87. The minimum absolute atomic E-state index is 0.196. The highest BCUT2D eigenvalue weighted by molar-refractivity contribution is 5.81. The number of amides is 1. The van der Waals surface area contributed by atoms with Crippen molar-refractivity contribution in [3.63, 3.8) is 0 Å². The monoisotopic (exact) mass is 323 g/mol. The average Bonchev–Trinajstić information content (AvgIpc) is 2.94. The standard InChI is InChI=1S/C17H25NO5/c1-6-21-14(19)10-9-12(2)15(13-8-7-11-22-13)18-16(20)23-17(3,4)5/h7-12,15H,6H2,1-5H3,(H,18,20)/b10-9-/t12?,15-/m0/s1. The Kier molecular flexibility index (Phi) is 6.88. The fraction of sp³-hybridized carbons (Fsp3) is 0.529. The maximum Gasteiger partial charge on any atom is 0.408 e. The summed E-state index contributed by atoms with van der Waals surface area (Å²) in [6.45, 7) is 9.29. The summed E-state index contributed by atoms with van der Waals surface area (Å²) >= 11 is 0. The normalized spacial score (nSPS) is 14.3. The SMILES string of the molecule is CCOC(=O)/C=C\C(C)[C@H](NC(=O)OC(C)(C)C)c1ccco1. The fourth-order valence-corrected chi connectivity index (χ4v) is 1.90. The van der Waals surface area contributed by atoms with Crippen LogP contribution in [-0.2, 0) is 14.3 Å². The van der Waals surface area contributed by atoms with E-state index in [-0.39, 0.29) is 5.92 Å². The Labute approximate surface area is 136 Å². The highest BCUT2D eigenvalue weighted by atomic mass is 16.6. The predicted molar refractivity (Wildman–Crippen MR) is 85.8 cm³/mol. The first-order chi connectivity index (χ1) is 10.7. The lowest BCUT2D eigenvalue weighted by Crippen LogP contribution is -2.36. The van der Waals surface area contributed by atoms with E-state index in [1.54, 1.807) is 45.9 Å². The van der Waals surface area contributed by atoms with Crippen LogP contribution in [0.15, 0.2) is 35.0 Å². The Morgan fingerprint density at radius 1 is 1.39 bits per heavy atom. The molecule has 1 heterocycles. The van der Waals surface area contributed by atoms with Crippen LogP contribution < -0.4 is 5.32 Å². The molecule has 0 aliphatic carbocycles. The quantitative estimate of drug-likeness (QED) is 0.639. The first-order valence-corrected chi connectivity index (χ1v) is 7.60. The molecule has 128 valence electrons. The van der Waals surface area contributed by atoms with E-state index in [1.807, 2.05) is 6.92 Å². The van der Waals surface area contributed by atoms with Gasteiger partial charge < -0.3 is 19.2 Å². The van der Waals surface area contributed by atoms with Gasteiger partial charge in [-0.3, -0.25) is 0 Å². The number of furan rings is 1. The van der Waals surface area contributed by atoms with Crippen LogP contribution in [0.1, 0.15) is 46.4 Å². The van der Waals surface area contributed by atoms with Crippen LogP contribution in [0.5, 0.6) is 0 Å². The molecule has 0 saturated carbocycles. The van der Waals surface area contributed by atoms with Crippen LogP contribution in [0, 0.1) is 5.92 Å². The zero-order chi connectivity index (χ0) is 17.5. The second kappa shape index (κ2) is 8.41. The van der Waals surface area contributed by atoms with Crippen molar-refractivity contribution >= 4 is 12.1 Å². The summed E-state index contributed by atoms with van der Waals surface area (Å²) in [5, 5.41) is 2.77. The molecule has 1 aromatic heterocycles. The summed E-state index contributed by atoms with van der Waals surface area (Å²) in [6, 6.07) is 3.04. The molecule has 0 radical (unpaired) electrons. The van der Waals surface area contributed by atoms with Gasteiger partial charge in [-0.25, -0.2) is 9.59 Å². The number of esters is 1. The van der Waals surface area contributed by atoms with Crippen molar-refractivity contribution in [2.24, 2.45) is 5.92 Å². The number of hydrogen-bond acceptors (Lipinski definition) is 5. The van der Waals surface area contributed by atoms with Crippen LogP contribution in [0.4, 0.5) is 4.79 Å². The van der Waals surface area contributed by atoms with Gasteiger partial charge in [-0.2, -0.15) is 0 Å². The molecule has 0 aromatic carbocycles. The first kappa shape index (κ1) is 18.8. The summed E-state index contributed by atoms with van der Waals surface area (Å²) in [5.74, 6) is -0.0373. The highest BCUT2D eigenvalue weighted by Crippen LogP contribution is 2.24.